The van der Waals surface area contributed by atoms with Crippen molar-refractivity contribution >= 4 is 5.82 Å². The summed E-state index contributed by atoms with van der Waals surface area (Å²) in [5.41, 5.74) is 1.91. The number of hydrogen-bond donors (Lipinski definition) is 2. The van der Waals surface area contributed by atoms with E-state index in [0.717, 1.165) is 16.9 Å². The van der Waals surface area contributed by atoms with E-state index in [-0.39, 0.29) is 12.3 Å². The van der Waals surface area contributed by atoms with E-state index in [0.29, 0.717) is 12.3 Å². The van der Waals surface area contributed by atoms with Crippen molar-refractivity contribution in [1.82, 2.24) is 9.78 Å². The van der Waals surface area contributed by atoms with E-state index in [1.54, 1.807) is 29.1 Å². The molecule has 0 radical (unpaired) electrons. The molecule has 0 saturated heterocycles. The van der Waals surface area contributed by atoms with Gasteiger partial charge in [-0.05, 0) is 24.6 Å². The fraction of sp³-hybridized carbons (Fsp3) is 0.357. The van der Waals surface area contributed by atoms with Gasteiger partial charge in [0, 0.05) is 12.1 Å². The Balaban J connectivity index is 2.10. The smallest absolute Gasteiger partial charge is 0.160 e. The molecule has 0 saturated carbocycles. The predicted molar refractivity (Wildman–Crippen MR) is 74.9 cm³/mol. The zero-order valence-electron chi connectivity index (χ0n) is 11.6. The number of alkyl halides is 1. The highest BCUT2D eigenvalue weighted by Crippen LogP contribution is 2.26. The third-order valence-corrected chi connectivity index (χ3v) is 3.02. The van der Waals surface area contributed by atoms with Crippen molar-refractivity contribution in [2.24, 2.45) is 0 Å². The number of rotatable bonds is 6. The van der Waals surface area contributed by atoms with Crippen LogP contribution in [0, 0.1) is 6.92 Å². The molecule has 0 aliphatic carbocycles. The van der Waals surface area contributed by atoms with E-state index in [9.17, 15) is 9.50 Å². The molecule has 108 valence electrons. The molecular weight excluding hydrogens is 261 g/mol. The summed E-state index contributed by atoms with van der Waals surface area (Å²) in [5.74, 6) is 1.34. The van der Waals surface area contributed by atoms with Crippen LogP contribution in [-0.4, -0.2) is 28.7 Å². The molecule has 0 amide bonds. The molecule has 1 aromatic heterocycles. The second-order valence-corrected chi connectivity index (χ2v) is 4.45. The number of halogens is 1. The van der Waals surface area contributed by atoms with Gasteiger partial charge in [-0.2, -0.15) is 5.10 Å². The van der Waals surface area contributed by atoms with Crippen LogP contribution in [0.25, 0.3) is 0 Å². The maximum Gasteiger partial charge on any atom is 0.160 e. The number of nitrogens with zero attached hydrogens (tertiary/aromatic N) is 2. The predicted octanol–water partition coefficient (Wildman–Crippen LogP) is 2.49. The molecule has 0 aliphatic rings. The number of methoxy groups -OCH3 is 1. The van der Waals surface area contributed by atoms with Gasteiger partial charge in [-0.1, -0.05) is 6.07 Å². The Labute approximate surface area is 117 Å². The minimum atomic E-state index is -0.456. The molecule has 0 unspecified atom stereocenters. The Bertz CT molecular complexity index is 584. The van der Waals surface area contributed by atoms with Gasteiger partial charge in [-0.15, -0.1) is 0 Å². The average molecular weight is 279 g/mol. The van der Waals surface area contributed by atoms with Crippen molar-refractivity contribution in [3.63, 3.8) is 0 Å². The Hall–Kier alpha value is -2.24. The maximum absolute atomic E-state index is 12.4. The van der Waals surface area contributed by atoms with Crippen LogP contribution in [0.15, 0.2) is 24.4 Å². The van der Waals surface area contributed by atoms with Crippen molar-refractivity contribution in [2.45, 2.75) is 20.0 Å². The van der Waals surface area contributed by atoms with Crippen LogP contribution in [0.5, 0.6) is 11.5 Å². The number of aryl methyl sites for hydroxylation is 2. The number of nitrogens with one attached hydrogen (secondary N) is 1. The highest BCUT2D eigenvalue weighted by atomic mass is 19.1. The first kappa shape index (κ1) is 14.2. The van der Waals surface area contributed by atoms with E-state index >= 15 is 0 Å². The Kier molecular flexibility index (Phi) is 4.45. The first-order valence-electron chi connectivity index (χ1n) is 6.34. The highest BCUT2D eigenvalue weighted by Gasteiger charge is 2.08. The van der Waals surface area contributed by atoms with E-state index in [1.807, 2.05) is 6.92 Å². The SMILES string of the molecule is COc1cc(CNc2c(C)cnn2CCF)ccc1O. The van der Waals surface area contributed by atoms with Crippen LogP contribution < -0.4 is 10.1 Å². The van der Waals surface area contributed by atoms with Crippen molar-refractivity contribution < 1.29 is 14.2 Å². The molecule has 5 nitrogen and oxygen atoms in total. The van der Waals surface area contributed by atoms with Crippen molar-refractivity contribution in [3.8, 4) is 11.5 Å². The van der Waals surface area contributed by atoms with Crippen LogP contribution in [0.4, 0.5) is 10.2 Å². The van der Waals surface area contributed by atoms with Crippen LogP contribution >= 0.6 is 0 Å². The number of aromatic nitrogens is 2. The number of aromatic hydroxyl groups is 1. The summed E-state index contributed by atoms with van der Waals surface area (Å²) in [5, 5.41) is 16.9. The lowest BCUT2D eigenvalue weighted by molar-refractivity contribution is 0.373. The minimum Gasteiger partial charge on any atom is -0.504 e. The summed E-state index contributed by atoms with van der Waals surface area (Å²) < 4.78 is 19.1. The molecule has 0 bridgehead atoms. The number of anilines is 1. The molecule has 0 spiro atoms. The van der Waals surface area contributed by atoms with E-state index < -0.39 is 6.67 Å². The second-order valence-electron chi connectivity index (χ2n) is 4.45. The van der Waals surface area contributed by atoms with Gasteiger partial charge < -0.3 is 15.2 Å². The summed E-state index contributed by atoms with van der Waals surface area (Å²) in [4.78, 5) is 0. The molecule has 20 heavy (non-hydrogen) atoms. The average Bonchev–Trinajstić information content (AvgIpc) is 2.79. The molecule has 0 fully saturated rings. The standard InChI is InChI=1S/C14H18FN3O2/c1-10-8-17-18(6-5-15)14(10)16-9-11-3-4-12(19)13(7-11)20-2/h3-4,7-8,16,19H,5-6,9H2,1-2H3. The Morgan fingerprint density at radius 3 is 2.95 bits per heavy atom. The summed E-state index contributed by atoms with van der Waals surface area (Å²) >= 11 is 0. The lowest BCUT2D eigenvalue weighted by Crippen LogP contribution is -2.10. The van der Waals surface area contributed by atoms with Crippen molar-refractivity contribution in [1.29, 1.82) is 0 Å². The van der Waals surface area contributed by atoms with Crippen LogP contribution in [-0.2, 0) is 13.1 Å². The molecule has 6 heteroatoms. The first-order chi connectivity index (χ1) is 9.65. The fourth-order valence-corrected chi connectivity index (χ4v) is 1.98. The van der Waals surface area contributed by atoms with Gasteiger partial charge in [-0.25, -0.2) is 9.07 Å². The van der Waals surface area contributed by atoms with Gasteiger partial charge in [0.15, 0.2) is 11.5 Å². The van der Waals surface area contributed by atoms with Gasteiger partial charge in [0.25, 0.3) is 0 Å². The topological polar surface area (TPSA) is 59.3 Å². The molecule has 2 N–H and O–H groups in total. The Morgan fingerprint density at radius 1 is 1.45 bits per heavy atom. The van der Waals surface area contributed by atoms with Gasteiger partial charge >= 0.3 is 0 Å². The molecule has 0 atom stereocenters. The maximum atomic E-state index is 12.4. The molecule has 2 rings (SSSR count). The number of benzene rings is 1. The minimum absolute atomic E-state index is 0.106. The van der Waals surface area contributed by atoms with Crippen molar-refractivity contribution in [2.75, 3.05) is 19.1 Å². The number of phenolic OH excluding ortho intramolecular Hbond substituents is 1. The normalized spacial score (nSPS) is 10.6. The van der Waals surface area contributed by atoms with Gasteiger partial charge in [0.05, 0.1) is 19.9 Å². The lowest BCUT2D eigenvalue weighted by atomic mass is 10.2. The summed E-state index contributed by atoms with van der Waals surface area (Å²) in [6, 6.07) is 5.14. The lowest BCUT2D eigenvalue weighted by Gasteiger charge is -2.11. The highest BCUT2D eigenvalue weighted by molar-refractivity contribution is 5.46. The largest absolute Gasteiger partial charge is 0.504 e. The fourth-order valence-electron chi connectivity index (χ4n) is 1.98. The number of hydrogen-bond acceptors (Lipinski definition) is 4. The van der Waals surface area contributed by atoms with E-state index in [4.69, 9.17) is 4.74 Å². The third-order valence-electron chi connectivity index (χ3n) is 3.02. The number of phenols is 1. The monoisotopic (exact) mass is 279 g/mol. The summed E-state index contributed by atoms with van der Waals surface area (Å²) in [6.07, 6.45) is 1.70. The van der Waals surface area contributed by atoms with Crippen LogP contribution in [0.3, 0.4) is 0 Å². The van der Waals surface area contributed by atoms with E-state index in [2.05, 4.69) is 10.4 Å². The zero-order chi connectivity index (χ0) is 14.5. The summed E-state index contributed by atoms with van der Waals surface area (Å²) in [6.45, 7) is 2.23. The molecule has 1 heterocycles. The second kappa shape index (κ2) is 6.27. The van der Waals surface area contributed by atoms with Crippen LogP contribution in [0.2, 0.25) is 0 Å². The van der Waals surface area contributed by atoms with Gasteiger partial charge in [0.1, 0.15) is 12.5 Å². The molecule has 1 aromatic carbocycles. The molecule has 2 aromatic rings. The Morgan fingerprint density at radius 2 is 2.25 bits per heavy atom. The third kappa shape index (κ3) is 3.01. The first-order valence-corrected chi connectivity index (χ1v) is 6.34. The van der Waals surface area contributed by atoms with Gasteiger partial charge in [0.2, 0.25) is 0 Å². The quantitative estimate of drug-likeness (QED) is 0.853. The van der Waals surface area contributed by atoms with Gasteiger partial charge in [-0.3, -0.25) is 0 Å². The molecule has 0 aliphatic heterocycles. The van der Waals surface area contributed by atoms with Crippen LogP contribution in [0.1, 0.15) is 11.1 Å². The molecular formula is C14H18FN3O2. The van der Waals surface area contributed by atoms with E-state index in [1.165, 1.54) is 7.11 Å². The number of ether oxygens (including phenoxy) is 1. The summed E-state index contributed by atoms with van der Waals surface area (Å²) in [7, 11) is 1.51. The zero-order valence-corrected chi connectivity index (χ0v) is 11.6. The van der Waals surface area contributed by atoms with Crippen molar-refractivity contribution in [3.05, 3.63) is 35.5 Å².